The van der Waals surface area contributed by atoms with Crippen molar-refractivity contribution >= 4 is 5.97 Å². The van der Waals surface area contributed by atoms with Crippen LogP contribution in [0.5, 0.6) is 0 Å². The fraction of sp³-hybridized carbons (Fsp3) is 0.417. The molecule has 1 fully saturated rings. The highest BCUT2D eigenvalue weighted by Gasteiger charge is 2.34. The van der Waals surface area contributed by atoms with Gasteiger partial charge in [0.25, 0.3) is 0 Å². The second-order valence-corrected chi connectivity index (χ2v) is 4.48. The van der Waals surface area contributed by atoms with Crippen LogP contribution in [-0.2, 0) is 5.54 Å². The molecule has 0 saturated heterocycles. The van der Waals surface area contributed by atoms with Gasteiger partial charge in [0.2, 0.25) is 0 Å². The Labute approximate surface area is 97.2 Å². The summed E-state index contributed by atoms with van der Waals surface area (Å²) in [5, 5.41) is 8.67. The zero-order valence-corrected chi connectivity index (χ0v) is 9.17. The molecule has 92 valence electrons. The summed E-state index contributed by atoms with van der Waals surface area (Å²) in [6, 6.07) is 1.63. The number of rotatable bonds is 2. The molecule has 5 heteroatoms. The van der Waals surface area contributed by atoms with Gasteiger partial charge in [0.1, 0.15) is 11.6 Å². The molecule has 0 aromatic heterocycles. The zero-order valence-electron chi connectivity index (χ0n) is 9.17. The lowest BCUT2D eigenvalue weighted by molar-refractivity contribution is 0.0691. The van der Waals surface area contributed by atoms with Crippen LogP contribution in [0.1, 0.15) is 41.6 Å². The minimum Gasteiger partial charge on any atom is -0.478 e. The van der Waals surface area contributed by atoms with Crippen LogP contribution in [0.15, 0.2) is 12.1 Å². The summed E-state index contributed by atoms with van der Waals surface area (Å²) in [6.07, 6.45) is 2.93. The number of carboxylic acids is 1. The van der Waals surface area contributed by atoms with E-state index < -0.39 is 28.7 Å². The van der Waals surface area contributed by atoms with Crippen LogP contribution in [0.25, 0.3) is 0 Å². The van der Waals surface area contributed by atoms with E-state index in [-0.39, 0.29) is 5.56 Å². The minimum absolute atomic E-state index is 0.0810. The molecule has 1 aromatic rings. The van der Waals surface area contributed by atoms with Crippen LogP contribution in [0.2, 0.25) is 0 Å². The second-order valence-electron chi connectivity index (χ2n) is 4.48. The van der Waals surface area contributed by atoms with Crippen molar-refractivity contribution in [1.29, 1.82) is 0 Å². The predicted molar refractivity (Wildman–Crippen MR) is 57.7 cm³/mol. The summed E-state index contributed by atoms with van der Waals surface area (Å²) in [7, 11) is 0. The van der Waals surface area contributed by atoms with Crippen molar-refractivity contribution in [3.63, 3.8) is 0 Å². The lowest BCUT2D eigenvalue weighted by Crippen LogP contribution is -2.34. The highest BCUT2D eigenvalue weighted by Crippen LogP contribution is 2.38. The molecular formula is C12H13F2NO2. The number of carbonyl (C=O) groups is 1. The predicted octanol–water partition coefficient (Wildman–Crippen LogP) is 2.39. The van der Waals surface area contributed by atoms with E-state index in [4.69, 9.17) is 10.8 Å². The molecule has 0 heterocycles. The second kappa shape index (κ2) is 4.07. The van der Waals surface area contributed by atoms with Gasteiger partial charge in [-0.25, -0.2) is 13.6 Å². The summed E-state index contributed by atoms with van der Waals surface area (Å²) in [5.74, 6) is -3.16. The van der Waals surface area contributed by atoms with Gasteiger partial charge in [-0.05, 0) is 25.0 Å². The summed E-state index contributed by atoms with van der Waals surface area (Å²) >= 11 is 0. The van der Waals surface area contributed by atoms with Crippen LogP contribution in [-0.4, -0.2) is 11.1 Å². The van der Waals surface area contributed by atoms with E-state index in [0.29, 0.717) is 18.9 Å². The maximum Gasteiger partial charge on any atom is 0.338 e. The molecule has 2 rings (SSSR count). The third-order valence-electron chi connectivity index (χ3n) is 3.32. The molecule has 1 saturated carbocycles. The lowest BCUT2D eigenvalue weighted by Gasteiger charge is -2.25. The number of benzene rings is 1. The molecule has 17 heavy (non-hydrogen) atoms. The van der Waals surface area contributed by atoms with Crippen molar-refractivity contribution in [2.75, 3.05) is 0 Å². The van der Waals surface area contributed by atoms with Crippen molar-refractivity contribution in [2.45, 2.75) is 31.2 Å². The van der Waals surface area contributed by atoms with Crippen LogP contribution < -0.4 is 5.73 Å². The van der Waals surface area contributed by atoms with Gasteiger partial charge >= 0.3 is 5.97 Å². The maximum atomic E-state index is 13.8. The van der Waals surface area contributed by atoms with Crippen molar-refractivity contribution in [1.82, 2.24) is 0 Å². The highest BCUT2D eigenvalue weighted by molar-refractivity contribution is 5.88. The first-order valence-corrected chi connectivity index (χ1v) is 5.46. The molecule has 1 aliphatic rings. The SMILES string of the molecule is NC1(c2cc(F)c(C(=O)O)cc2F)CCCC1. The third-order valence-corrected chi connectivity index (χ3v) is 3.32. The van der Waals surface area contributed by atoms with Gasteiger partial charge < -0.3 is 10.8 Å². The van der Waals surface area contributed by atoms with Gasteiger partial charge in [-0.3, -0.25) is 0 Å². The first kappa shape index (κ1) is 12.0. The minimum atomic E-state index is -1.48. The molecule has 0 spiro atoms. The normalized spacial score (nSPS) is 18.3. The first-order chi connectivity index (χ1) is 7.94. The van der Waals surface area contributed by atoms with E-state index in [1.807, 2.05) is 0 Å². The number of nitrogens with two attached hydrogens (primary N) is 1. The molecular weight excluding hydrogens is 228 g/mol. The van der Waals surface area contributed by atoms with Gasteiger partial charge in [0, 0.05) is 11.1 Å². The zero-order chi connectivity index (χ0) is 12.6. The monoisotopic (exact) mass is 241 g/mol. The number of hydrogen-bond donors (Lipinski definition) is 2. The average molecular weight is 241 g/mol. The molecule has 0 radical (unpaired) electrons. The van der Waals surface area contributed by atoms with Crippen LogP contribution >= 0.6 is 0 Å². The Kier molecular flexibility index (Phi) is 2.87. The number of aromatic carboxylic acids is 1. The summed E-state index contributed by atoms with van der Waals surface area (Å²) < 4.78 is 27.3. The molecule has 0 aliphatic heterocycles. The number of carboxylic acid groups (broad SMARTS) is 1. The van der Waals surface area contributed by atoms with E-state index in [0.717, 1.165) is 18.9 Å². The fourth-order valence-corrected chi connectivity index (χ4v) is 2.37. The third kappa shape index (κ3) is 2.02. The van der Waals surface area contributed by atoms with Crippen LogP contribution in [0.3, 0.4) is 0 Å². The van der Waals surface area contributed by atoms with Crippen molar-refractivity contribution in [2.24, 2.45) is 5.73 Å². The Bertz CT molecular complexity index is 468. The van der Waals surface area contributed by atoms with Gasteiger partial charge in [0.05, 0.1) is 5.56 Å². The van der Waals surface area contributed by atoms with Crippen molar-refractivity contribution in [3.8, 4) is 0 Å². The van der Waals surface area contributed by atoms with E-state index in [1.165, 1.54) is 0 Å². The number of halogens is 2. The standard InChI is InChI=1S/C12H13F2NO2/c13-9-6-8(12(15)3-1-2-4-12)10(14)5-7(9)11(16)17/h5-6H,1-4,15H2,(H,16,17). The molecule has 3 nitrogen and oxygen atoms in total. The Morgan fingerprint density at radius 1 is 1.24 bits per heavy atom. The Morgan fingerprint density at radius 3 is 2.35 bits per heavy atom. The average Bonchev–Trinajstić information content (AvgIpc) is 2.69. The van der Waals surface area contributed by atoms with Crippen molar-refractivity contribution in [3.05, 3.63) is 34.9 Å². The van der Waals surface area contributed by atoms with E-state index >= 15 is 0 Å². The molecule has 0 atom stereocenters. The molecule has 3 N–H and O–H groups in total. The summed E-state index contributed by atoms with van der Waals surface area (Å²) in [5.41, 5.74) is 4.58. The van der Waals surface area contributed by atoms with E-state index in [9.17, 15) is 13.6 Å². The van der Waals surface area contributed by atoms with Crippen molar-refractivity contribution < 1.29 is 18.7 Å². The maximum absolute atomic E-state index is 13.8. The van der Waals surface area contributed by atoms with Gasteiger partial charge in [0.15, 0.2) is 0 Å². The van der Waals surface area contributed by atoms with Gasteiger partial charge in [-0.15, -0.1) is 0 Å². The van der Waals surface area contributed by atoms with E-state index in [1.54, 1.807) is 0 Å². The molecule has 0 amide bonds. The Hall–Kier alpha value is -1.49. The lowest BCUT2D eigenvalue weighted by atomic mass is 9.88. The van der Waals surface area contributed by atoms with Crippen LogP contribution in [0, 0.1) is 11.6 Å². The quantitative estimate of drug-likeness (QED) is 0.835. The largest absolute Gasteiger partial charge is 0.478 e. The molecule has 0 bridgehead atoms. The van der Waals surface area contributed by atoms with Crippen LogP contribution in [0.4, 0.5) is 8.78 Å². The smallest absolute Gasteiger partial charge is 0.338 e. The molecule has 1 aromatic carbocycles. The first-order valence-electron chi connectivity index (χ1n) is 5.46. The fourth-order valence-electron chi connectivity index (χ4n) is 2.37. The molecule has 0 unspecified atom stereocenters. The summed E-state index contributed by atoms with van der Waals surface area (Å²) in [6.45, 7) is 0. The Morgan fingerprint density at radius 2 is 1.82 bits per heavy atom. The van der Waals surface area contributed by atoms with Gasteiger partial charge in [-0.2, -0.15) is 0 Å². The van der Waals surface area contributed by atoms with E-state index in [2.05, 4.69) is 0 Å². The Balaban J connectivity index is 2.50. The summed E-state index contributed by atoms with van der Waals surface area (Å²) in [4.78, 5) is 10.6. The highest BCUT2D eigenvalue weighted by atomic mass is 19.1. The number of hydrogen-bond acceptors (Lipinski definition) is 2. The molecule has 1 aliphatic carbocycles. The topological polar surface area (TPSA) is 63.3 Å². The van der Waals surface area contributed by atoms with Gasteiger partial charge in [-0.1, -0.05) is 12.8 Å².